The normalized spacial score (nSPS) is 16.7. The summed E-state index contributed by atoms with van der Waals surface area (Å²) in [5.41, 5.74) is 0.641. The largest absolute Gasteiger partial charge is 0.497 e. The number of rotatable bonds is 6. The lowest BCUT2D eigenvalue weighted by atomic mass is 10.1. The summed E-state index contributed by atoms with van der Waals surface area (Å²) < 4.78 is 15.8. The van der Waals surface area contributed by atoms with Crippen LogP contribution in [-0.4, -0.2) is 44.5 Å². The van der Waals surface area contributed by atoms with E-state index >= 15 is 0 Å². The zero-order valence-corrected chi connectivity index (χ0v) is 15.1. The van der Waals surface area contributed by atoms with Gasteiger partial charge in [0.05, 0.1) is 32.7 Å². The second kappa shape index (κ2) is 7.51. The molecule has 0 spiro atoms. The Morgan fingerprint density at radius 3 is 2.77 bits per heavy atom. The van der Waals surface area contributed by atoms with Crippen LogP contribution in [-0.2, 0) is 16.1 Å². The third-order valence-electron chi connectivity index (χ3n) is 4.53. The first-order valence-electron chi connectivity index (χ1n) is 8.36. The maximum absolute atomic E-state index is 12.8. The van der Waals surface area contributed by atoms with Crippen LogP contribution in [0.25, 0.3) is 0 Å². The van der Waals surface area contributed by atoms with Crippen molar-refractivity contribution in [2.75, 3.05) is 32.7 Å². The minimum absolute atomic E-state index is 0.207. The van der Waals surface area contributed by atoms with Crippen molar-refractivity contribution in [3.05, 3.63) is 42.4 Å². The van der Waals surface area contributed by atoms with Crippen molar-refractivity contribution in [1.29, 1.82) is 0 Å². The van der Waals surface area contributed by atoms with E-state index in [2.05, 4.69) is 0 Å². The van der Waals surface area contributed by atoms with Crippen LogP contribution in [0.3, 0.4) is 0 Å². The highest BCUT2D eigenvalue weighted by Crippen LogP contribution is 2.36. The van der Waals surface area contributed by atoms with Gasteiger partial charge in [0, 0.05) is 19.7 Å². The average molecular weight is 358 g/mol. The number of furan rings is 1. The predicted octanol–water partition coefficient (Wildman–Crippen LogP) is 2.31. The molecule has 1 aliphatic rings. The van der Waals surface area contributed by atoms with Crippen LogP contribution in [0.4, 0.5) is 5.69 Å². The number of hydrogen-bond acceptors (Lipinski definition) is 5. The Balaban J connectivity index is 1.74. The fraction of sp³-hybridized carbons (Fsp3) is 0.368. The predicted molar refractivity (Wildman–Crippen MR) is 95.2 cm³/mol. The van der Waals surface area contributed by atoms with E-state index in [1.807, 2.05) is 0 Å². The maximum atomic E-state index is 12.8. The highest BCUT2D eigenvalue weighted by molar-refractivity contribution is 6.10. The fourth-order valence-corrected chi connectivity index (χ4v) is 3.14. The van der Waals surface area contributed by atoms with Gasteiger partial charge in [-0.1, -0.05) is 0 Å². The van der Waals surface area contributed by atoms with Gasteiger partial charge in [-0.05, 0) is 30.7 Å². The Morgan fingerprint density at radius 1 is 1.31 bits per heavy atom. The third kappa shape index (κ3) is 3.37. The molecule has 1 aromatic heterocycles. The number of nitrogens with zero attached hydrogens (tertiary/aromatic N) is 2. The van der Waals surface area contributed by atoms with Crippen LogP contribution in [0.2, 0.25) is 0 Å². The molecule has 2 aromatic rings. The Bertz CT molecular complexity index is 787. The molecule has 1 aromatic carbocycles. The number of benzene rings is 1. The lowest BCUT2D eigenvalue weighted by Crippen LogP contribution is -2.37. The average Bonchev–Trinajstić information content (AvgIpc) is 3.30. The van der Waals surface area contributed by atoms with E-state index in [4.69, 9.17) is 13.9 Å². The molecule has 2 amide bonds. The monoisotopic (exact) mass is 358 g/mol. The van der Waals surface area contributed by atoms with E-state index in [1.165, 1.54) is 4.90 Å². The van der Waals surface area contributed by atoms with Crippen LogP contribution in [0.5, 0.6) is 11.5 Å². The van der Waals surface area contributed by atoms with Crippen molar-refractivity contribution in [3.8, 4) is 11.5 Å². The lowest BCUT2D eigenvalue weighted by molar-refractivity contribution is -0.139. The molecular formula is C19H22N2O5. The minimum atomic E-state index is -0.693. The zero-order chi connectivity index (χ0) is 18.7. The summed E-state index contributed by atoms with van der Waals surface area (Å²) in [7, 11) is 4.78. The zero-order valence-electron chi connectivity index (χ0n) is 15.1. The Labute approximate surface area is 152 Å². The van der Waals surface area contributed by atoms with Crippen molar-refractivity contribution < 1.29 is 23.5 Å². The smallest absolute Gasteiger partial charge is 0.239 e. The lowest BCUT2D eigenvalue weighted by Gasteiger charge is -2.22. The SMILES string of the molecule is COc1ccc(N2CCC(C(=O)N(C)Cc3ccco3)C2=O)c(OC)c1. The molecule has 26 heavy (non-hydrogen) atoms. The molecule has 0 radical (unpaired) electrons. The molecule has 1 saturated heterocycles. The van der Waals surface area contributed by atoms with Gasteiger partial charge in [-0.15, -0.1) is 0 Å². The fourth-order valence-electron chi connectivity index (χ4n) is 3.14. The van der Waals surface area contributed by atoms with Crippen LogP contribution in [0.15, 0.2) is 41.0 Å². The number of anilines is 1. The van der Waals surface area contributed by atoms with Gasteiger partial charge in [0.2, 0.25) is 11.8 Å². The molecule has 1 fully saturated rings. The molecule has 7 nitrogen and oxygen atoms in total. The first-order valence-corrected chi connectivity index (χ1v) is 8.36. The first kappa shape index (κ1) is 17.8. The van der Waals surface area contributed by atoms with E-state index in [0.717, 1.165) is 0 Å². The Hall–Kier alpha value is -2.96. The van der Waals surface area contributed by atoms with E-state index in [9.17, 15) is 9.59 Å². The van der Waals surface area contributed by atoms with Crippen LogP contribution in [0, 0.1) is 5.92 Å². The van der Waals surface area contributed by atoms with E-state index in [1.54, 1.807) is 62.8 Å². The van der Waals surface area contributed by atoms with Gasteiger partial charge < -0.3 is 23.7 Å². The number of methoxy groups -OCH3 is 2. The molecule has 0 bridgehead atoms. The number of hydrogen-bond donors (Lipinski definition) is 0. The van der Waals surface area contributed by atoms with Crippen molar-refractivity contribution in [1.82, 2.24) is 4.90 Å². The van der Waals surface area contributed by atoms with Gasteiger partial charge in [-0.25, -0.2) is 0 Å². The summed E-state index contributed by atoms with van der Waals surface area (Å²) in [6, 6.07) is 8.83. The minimum Gasteiger partial charge on any atom is -0.497 e. The van der Waals surface area contributed by atoms with Gasteiger partial charge in [-0.3, -0.25) is 9.59 Å². The maximum Gasteiger partial charge on any atom is 0.239 e. The molecule has 7 heteroatoms. The molecule has 3 rings (SSSR count). The number of amides is 2. The highest BCUT2D eigenvalue weighted by atomic mass is 16.5. The van der Waals surface area contributed by atoms with E-state index in [0.29, 0.717) is 42.5 Å². The quantitative estimate of drug-likeness (QED) is 0.741. The number of carbonyl (C=O) groups is 2. The molecule has 1 atom stereocenters. The molecule has 2 heterocycles. The van der Waals surface area contributed by atoms with Crippen LogP contribution in [0.1, 0.15) is 12.2 Å². The summed E-state index contributed by atoms with van der Waals surface area (Å²) in [4.78, 5) is 28.7. The van der Waals surface area contributed by atoms with Crippen LogP contribution < -0.4 is 14.4 Å². The summed E-state index contributed by atoms with van der Waals surface area (Å²) in [5.74, 6) is 0.741. The molecule has 0 saturated carbocycles. The molecular weight excluding hydrogens is 336 g/mol. The standard InChI is InChI=1S/C19H22N2O5/c1-20(12-14-5-4-10-26-14)18(22)15-8-9-21(19(15)23)16-7-6-13(24-2)11-17(16)25-3/h4-7,10-11,15H,8-9,12H2,1-3H3. The van der Waals surface area contributed by atoms with Gasteiger partial charge in [-0.2, -0.15) is 0 Å². The highest BCUT2D eigenvalue weighted by Gasteiger charge is 2.40. The van der Waals surface area contributed by atoms with E-state index in [-0.39, 0.29) is 11.8 Å². The molecule has 0 N–H and O–H groups in total. The van der Waals surface area contributed by atoms with E-state index < -0.39 is 5.92 Å². The van der Waals surface area contributed by atoms with Crippen molar-refractivity contribution in [3.63, 3.8) is 0 Å². The third-order valence-corrected chi connectivity index (χ3v) is 4.53. The Kier molecular flexibility index (Phi) is 5.16. The van der Waals surface area contributed by atoms with Gasteiger partial charge >= 0.3 is 0 Å². The van der Waals surface area contributed by atoms with Crippen molar-refractivity contribution in [2.24, 2.45) is 5.92 Å². The number of carbonyl (C=O) groups excluding carboxylic acids is 2. The Morgan fingerprint density at radius 2 is 2.12 bits per heavy atom. The molecule has 0 aliphatic carbocycles. The van der Waals surface area contributed by atoms with Gasteiger partial charge in [0.25, 0.3) is 0 Å². The molecule has 1 unspecified atom stereocenters. The molecule has 138 valence electrons. The van der Waals surface area contributed by atoms with Crippen molar-refractivity contribution in [2.45, 2.75) is 13.0 Å². The summed E-state index contributed by atoms with van der Waals surface area (Å²) in [5, 5.41) is 0. The van der Waals surface area contributed by atoms with Gasteiger partial charge in [0.15, 0.2) is 0 Å². The number of ether oxygens (including phenoxy) is 2. The van der Waals surface area contributed by atoms with Crippen molar-refractivity contribution >= 4 is 17.5 Å². The first-order chi connectivity index (χ1) is 12.5. The second-order valence-corrected chi connectivity index (χ2v) is 6.14. The topological polar surface area (TPSA) is 72.2 Å². The summed E-state index contributed by atoms with van der Waals surface area (Å²) in [6.07, 6.45) is 2.03. The second-order valence-electron chi connectivity index (χ2n) is 6.14. The van der Waals surface area contributed by atoms with Gasteiger partial charge in [0.1, 0.15) is 23.2 Å². The summed E-state index contributed by atoms with van der Waals surface area (Å²) >= 11 is 0. The molecule has 1 aliphatic heterocycles. The van der Waals surface area contributed by atoms with Crippen LogP contribution >= 0.6 is 0 Å². The summed E-state index contributed by atoms with van der Waals surface area (Å²) in [6.45, 7) is 0.800.